The third-order valence-electron chi connectivity index (χ3n) is 6.36. The number of rotatable bonds is 8. The summed E-state index contributed by atoms with van der Waals surface area (Å²) < 4.78 is 12.4. The predicted octanol–water partition coefficient (Wildman–Crippen LogP) is 6.58. The lowest BCUT2D eigenvalue weighted by Gasteiger charge is -2.22. The molecule has 0 saturated heterocycles. The Morgan fingerprint density at radius 2 is 1.73 bits per heavy atom. The van der Waals surface area contributed by atoms with E-state index in [9.17, 15) is 0 Å². The van der Waals surface area contributed by atoms with Crippen LogP contribution in [0.25, 0.3) is 5.57 Å². The number of hydrogen-bond acceptors (Lipinski definition) is 4. The van der Waals surface area contributed by atoms with E-state index in [1.54, 1.807) is 0 Å². The zero-order valence-corrected chi connectivity index (χ0v) is 19.7. The third-order valence-corrected chi connectivity index (χ3v) is 6.36. The number of ether oxygens (including phenoxy) is 2. The highest BCUT2D eigenvalue weighted by Crippen LogP contribution is 2.37. The molecule has 2 aromatic carbocycles. The van der Waals surface area contributed by atoms with Gasteiger partial charge in [-0.25, -0.2) is 0 Å². The maximum atomic E-state index is 6.19. The Bertz CT molecular complexity index is 1140. The predicted molar refractivity (Wildman–Crippen MR) is 136 cm³/mol. The lowest BCUT2D eigenvalue weighted by Crippen LogP contribution is -2.06. The average Bonchev–Trinajstić information content (AvgIpc) is 2.80. The van der Waals surface area contributed by atoms with Gasteiger partial charge in [0.1, 0.15) is 18.1 Å². The largest absolute Gasteiger partial charge is 0.493 e. The molecule has 2 aromatic rings. The second-order valence-electron chi connectivity index (χ2n) is 8.81. The Labute approximate surface area is 197 Å². The van der Waals surface area contributed by atoms with Crippen molar-refractivity contribution in [2.75, 3.05) is 12.3 Å². The van der Waals surface area contributed by atoms with E-state index in [0.29, 0.717) is 13.2 Å². The van der Waals surface area contributed by atoms with Gasteiger partial charge in [-0.2, -0.15) is 0 Å². The molecule has 172 valence electrons. The maximum Gasteiger partial charge on any atom is 0.122 e. The Balaban J connectivity index is 1.45. The molecule has 4 nitrogen and oxygen atoms in total. The van der Waals surface area contributed by atoms with Gasteiger partial charge in [-0.15, -0.1) is 0 Å². The van der Waals surface area contributed by atoms with Crippen molar-refractivity contribution in [3.63, 3.8) is 0 Å². The van der Waals surface area contributed by atoms with Gasteiger partial charge in [0, 0.05) is 17.8 Å². The van der Waals surface area contributed by atoms with Crippen LogP contribution in [0.1, 0.15) is 55.7 Å². The minimum absolute atomic E-state index is 0.512. The number of benzene rings is 2. The molecule has 2 aliphatic carbocycles. The normalized spacial score (nSPS) is 16.1. The molecule has 2 aliphatic rings. The van der Waals surface area contributed by atoms with Crippen LogP contribution in [0, 0.1) is 6.92 Å². The van der Waals surface area contributed by atoms with Crippen molar-refractivity contribution in [1.82, 2.24) is 0 Å². The number of anilines is 1. The second-order valence-corrected chi connectivity index (χ2v) is 8.81. The molecular weight excluding hydrogens is 408 g/mol. The van der Waals surface area contributed by atoms with Gasteiger partial charge < -0.3 is 20.9 Å². The highest BCUT2D eigenvalue weighted by atomic mass is 16.5. The summed E-state index contributed by atoms with van der Waals surface area (Å²) in [6, 6.07) is 14.2. The van der Waals surface area contributed by atoms with Crippen molar-refractivity contribution in [1.29, 1.82) is 0 Å². The molecule has 0 unspecified atom stereocenters. The quantitative estimate of drug-likeness (QED) is 0.453. The molecule has 0 aliphatic heterocycles. The van der Waals surface area contributed by atoms with E-state index in [1.165, 1.54) is 27.8 Å². The average molecular weight is 443 g/mol. The zero-order valence-electron chi connectivity index (χ0n) is 19.7. The van der Waals surface area contributed by atoms with Gasteiger partial charge >= 0.3 is 0 Å². The first kappa shape index (κ1) is 22.8. The first-order valence-electron chi connectivity index (χ1n) is 11.8. The number of nitrogen functional groups attached to an aromatic ring is 1. The van der Waals surface area contributed by atoms with E-state index in [-0.39, 0.29) is 0 Å². The summed E-state index contributed by atoms with van der Waals surface area (Å²) in [6.07, 6.45) is 11.4. The fourth-order valence-corrected chi connectivity index (χ4v) is 4.53. The summed E-state index contributed by atoms with van der Waals surface area (Å²) in [6.45, 7) is 5.46. The van der Waals surface area contributed by atoms with E-state index in [1.807, 2.05) is 24.3 Å². The van der Waals surface area contributed by atoms with Gasteiger partial charge in [-0.1, -0.05) is 30.3 Å². The van der Waals surface area contributed by atoms with Gasteiger partial charge in [0.25, 0.3) is 0 Å². The van der Waals surface area contributed by atoms with Gasteiger partial charge in [-0.05, 0) is 103 Å². The summed E-state index contributed by atoms with van der Waals surface area (Å²) in [5.74, 6) is 1.90. The molecule has 0 amide bonds. The molecule has 0 radical (unpaired) electrons. The van der Waals surface area contributed by atoms with E-state index in [0.717, 1.165) is 60.6 Å². The molecule has 0 bridgehead atoms. The molecule has 0 saturated carbocycles. The number of hydrogen-bond donors (Lipinski definition) is 2. The number of allylic oxidation sites excluding steroid dienone is 6. The second kappa shape index (κ2) is 10.5. The van der Waals surface area contributed by atoms with Crippen molar-refractivity contribution in [3.8, 4) is 5.75 Å². The van der Waals surface area contributed by atoms with E-state index < -0.39 is 0 Å². The molecule has 0 spiro atoms. The highest BCUT2D eigenvalue weighted by Gasteiger charge is 2.18. The van der Waals surface area contributed by atoms with E-state index in [4.69, 9.17) is 20.9 Å². The van der Waals surface area contributed by atoms with Gasteiger partial charge in [0.05, 0.1) is 6.61 Å². The standard InChI is InChI=1S/C29H34N2O2/c1-20-26(11-5-13-28(20)32-16-15-22-7-3-9-24(30)17-22)27-12-6-14-29(21(27)2)33-19-23-8-4-10-25(31)18-23/h4-5,7-8,10-11,13-14,17-18H,3,6,9,12,15-16,19,30-31H2,1-2H3. The van der Waals surface area contributed by atoms with Crippen LogP contribution in [0.4, 0.5) is 5.69 Å². The Hall–Kier alpha value is -3.40. The molecule has 0 aromatic heterocycles. The zero-order chi connectivity index (χ0) is 23.2. The van der Waals surface area contributed by atoms with Crippen LogP contribution in [0.15, 0.2) is 83.3 Å². The van der Waals surface area contributed by atoms with E-state index in [2.05, 4.69) is 50.3 Å². The molecule has 0 atom stereocenters. The van der Waals surface area contributed by atoms with Crippen molar-refractivity contribution < 1.29 is 9.47 Å². The van der Waals surface area contributed by atoms with Crippen LogP contribution in [-0.4, -0.2) is 6.61 Å². The van der Waals surface area contributed by atoms with Crippen LogP contribution in [0.5, 0.6) is 5.75 Å². The minimum Gasteiger partial charge on any atom is -0.493 e. The first-order chi connectivity index (χ1) is 16.0. The van der Waals surface area contributed by atoms with Crippen LogP contribution in [-0.2, 0) is 11.3 Å². The minimum atomic E-state index is 0.512. The van der Waals surface area contributed by atoms with Gasteiger partial charge in [-0.3, -0.25) is 0 Å². The van der Waals surface area contributed by atoms with Crippen LogP contribution < -0.4 is 16.2 Å². The summed E-state index contributed by atoms with van der Waals surface area (Å²) in [5, 5.41) is 0. The lowest BCUT2D eigenvalue weighted by molar-refractivity contribution is 0.205. The van der Waals surface area contributed by atoms with Gasteiger partial charge in [0.2, 0.25) is 0 Å². The fraction of sp³-hybridized carbons (Fsp3) is 0.310. The van der Waals surface area contributed by atoms with Crippen molar-refractivity contribution in [2.45, 2.75) is 52.6 Å². The van der Waals surface area contributed by atoms with Crippen molar-refractivity contribution in [3.05, 3.63) is 100.0 Å². The number of nitrogens with two attached hydrogens (primary N) is 2. The lowest BCUT2D eigenvalue weighted by atomic mass is 9.88. The monoisotopic (exact) mass is 442 g/mol. The third kappa shape index (κ3) is 5.70. The topological polar surface area (TPSA) is 70.5 Å². The Kier molecular flexibility index (Phi) is 7.23. The van der Waals surface area contributed by atoms with Crippen LogP contribution in [0.2, 0.25) is 0 Å². The molecule has 4 N–H and O–H groups in total. The van der Waals surface area contributed by atoms with E-state index >= 15 is 0 Å². The summed E-state index contributed by atoms with van der Waals surface area (Å²) in [5.41, 5.74) is 20.9. The van der Waals surface area contributed by atoms with Crippen molar-refractivity contribution >= 4 is 11.3 Å². The molecule has 0 fully saturated rings. The van der Waals surface area contributed by atoms with Gasteiger partial charge in [0.15, 0.2) is 0 Å². The molecule has 0 heterocycles. The van der Waals surface area contributed by atoms with Crippen LogP contribution in [0.3, 0.4) is 0 Å². The first-order valence-corrected chi connectivity index (χ1v) is 11.8. The Morgan fingerprint density at radius 1 is 0.909 bits per heavy atom. The van der Waals surface area contributed by atoms with Crippen LogP contribution >= 0.6 is 0 Å². The maximum absolute atomic E-state index is 6.19. The molecule has 4 heteroatoms. The summed E-state index contributed by atoms with van der Waals surface area (Å²) in [7, 11) is 0. The smallest absolute Gasteiger partial charge is 0.122 e. The SMILES string of the molecule is CC1=C(c2cccc(OCCC3=CCCC(N)=C3)c2C)CCC=C1OCc1cccc(N)c1. The molecule has 33 heavy (non-hydrogen) atoms. The Morgan fingerprint density at radius 3 is 2.55 bits per heavy atom. The highest BCUT2D eigenvalue weighted by molar-refractivity contribution is 5.76. The fourth-order valence-electron chi connectivity index (χ4n) is 4.53. The summed E-state index contributed by atoms with van der Waals surface area (Å²) in [4.78, 5) is 0. The summed E-state index contributed by atoms with van der Waals surface area (Å²) >= 11 is 0. The molecular formula is C29H34N2O2. The molecule has 4 rings (SSSR count). The van der Waals surface area contributed by atoms with Crippen molar-refractivity contribution in [2.24, 2.45) is 5.73 Å².